The van der Waals surface area contributed by atoms with E-state index >= 15 is 0 Å². The number of phenolic OH excluding ortho intramolecular Hbond substituents is 1. The summed E-state index contributed by atoms with van der Waals surface area (Å²) in [5, 5.41) is 13.3. The van der Waals surface area contributed by atoms with Crippen molar-refractivity contribution in [1.29, 1.82) is 0 Å². The highest BCUT2D eigenvalue weighted by Crippen LogP contribution is 2.34. The van der Waals surface area contributed by atoms with E-state index in [1.54, 1.807) is 38.6 Å². The third kappa shape index (κ3) is 6.03. The molecule has 156 valence electrons. The molecule has 0 aliphatic carbocycles. The number of carbonyl (C=O) groups excluding carboxylic acids is 1. The van der Waals surface area contributed by atoms with Crippen LogP contribution in [0.4, 0.5) is 14.9 Å². The van der Waals surface area contributed by atoms with Crippen LogP contribution in [0.5, 0.6) is 5.75 Å². The number of likely N-dealkylation sites (tertiary alicyclic amines) is 1. The van der Waals surface area contributed by atoms with Gasteiger partial charge in [-0.25, -0.2) is 9.18 Å². The van der Waals surface area contributed by atoms with Gasteiger partial charge in [-0.2, -0.15) is 0 Å². The molecule has 2 atom stereocenters. The lowest BCUT2D eigenvalue weighted by Gasteiger charge is -2.36. The average molecular weight is 419 g/mol. The summed E-state index contributed by atoms with van der Waals surface area (Å²) >= 11 is 1.57. The second-order valence-electron chi connectivity index (χ2n) is 8.08. The van der Waals surface area contributed by atoms with E-state index in [0.717, 1.165) is 9.79 Å². The molecule has 5 nitrogen and oxygen atoms in total. The highest BCUT2D eigenvalue weighted by atomic mass is 32.2. The minimum Gasteiger partial charge on any atom is -0.506 e. The van der Waals surface area contributed by atoms with Crippen molar-refractivity contribution in [3.63, 3.8) is 0 Å². The molecular formula is C22H27FN2O3S. The van der Waals surface area contributed by atoms with Crippen LogP contribution >= 0.6 is 11.8 Å². The summed E-state index contributed by atoms with van der Waals surface area (Å²) in [5.74, 6) is 0.0733. The van der Waals surface area contributed by atoms with Gasteiger partial charge in [0.15, 0.2) is 0 Å². The van der Waals surface area contributed by atoms with Crippen molar-refractivity contribution in [1.82, 2.24) is 4.90 Å². The highest BCUT2D eigenvalue weighted by Gasteiger charge is 2.34. The van der Waals surface area contributed by atoms with Gasteiger partial charge < -0.3 is 20.1 Å². The highest BCUT2D eigenvalue weighted by molar-refractivity contribution is 7.99. The zero-order chi connectivity index (χ0) is 21.0. The summed E-state index contributed by atoms with van der Waals surface area (Å²) in [7, 11) is 0. The maximum atomic E-state index is 14.8. The standard InChI is InChI=1S/C22H27FN2O3S/c1-22(2,3)28-21(27)25-12-11-18(17(23)14-25)24-19-13-16(9-10-20(19)26)29-15-7-5-4-6-8-15/h4-10,13,17-18,24,26H,11-12,14H2,1-3H3. The minimum absolute atomic E-state index is 0.0359. The predicted octanol–water partition coefficient (Wildman–Crippen LogP) is 5.30. The Labute approximate surface area is 175 Å². The molecule has 1 heterocycles. The average Bonchev–Trinajstić information content (AvgIpc) is 2.65. The van der Waals surface area contributed by atoms with Crippen molar-refractivity contribution in [2.45, 2.75) is 54.8 Å². The van der Waals surface area contributed by atoms with Gasteiger partial charge in [0, 0.05) is 16.3 Å². The molecule has 0 spiro atoms. The summed E-state index contributed by atoms with van der Waals surface area (Å²) in [4.78, 5) is 15.6. The fourth-order valence-electron chi connectivity index (χ4n) is 3.08. The lowest BCUT2D eigenvalue weighted by molar-refractivity contribution is 0.0125. The first-order chi connectivity index (χ1) is 13.7. The van der Waals surface area contributed by atoms with Crippen molar-refractivity contribution in [2.75, 3.05) is 18.4 Å². The molecule has 1 aliphatic rings. The van der Waals surface area contributed by atoms with E-state index in [2.05, 4.69) is 5.32 Å². The van der Waals surface area contributed by atoms with Crippen LogP contribution in [0.3, 0.4) is 0 Å². The Kier molecular flexibility index (Phi) is 6.57. The van der Waals surface area contributed by atoms with E-state index in [1.165, 1.54) is 4.90 Å². The van der Waals surface area contributed by atoms with E-state index < -0.39 is 23.9 Å². The minimum atomic E-state index is -1.26. The summed E-state index contributed by atoms with van der Waals surface area (Å²) in [6, 6.07) is 14.7. The molecule has 3 rings (SSSR count). The number of halogens is 1. The molecule has 2 aromatic carbocycles. The maximum Gasteiger partial charge on any atom is 0.410 e. The van der Waals surface area contributed by atoms with Gasteiger partial charge in [-0.15, -0.1) is 0 Å². The molecule has 0 radical (unpaired) electrons. The predicted molar refractivity (Wildman–Crippen MR) is 113 cm³/mol. The number of piperidine rings is 1. The number of carbonyl (C=O) groups is 1. The number of phenols is 1. The van der Waals surface area contributed by atoms with Crippen LogP contribution in [-0.2, 0) is 4.74 Å². The van der Waals surface area contributed by atoms with Gasteiger partial charge in [0.2, 0.25) is 0 Å². The molecule has 1 fully saturated rings. The molecule has 7 heteroatoms. The van der Waals surface area contributed by atoms with Crippen molar-refractivity contribution < 1.29 is 19.0 Å². The Bertz CT molecular complexity index is 842. The van der Waals surface area contributed by atoms with Gasteiger partial charge in [0.05, 0.1) is 18.3 Å². The molecule has 1 amide bonds. The first-order valence-electron chi connectivity index (χ1n) is 9.66. The maximum absolute atomic E-state index is 14.8. The monoisotopic (exact) mass is 418 g/mol. The number of anilines is 1. The van der Waals surface area contributed by atoms with E-state index in [1.807, 2.05) is 42.5 Å². The Morgan fingerprint density at radius 2 is 1.93 bits per heavy atom. The molecule has 0 bridgehead atoms. The number of benzene rings is 2. The van der Waals surface area contributed by atoms with Crippen molar-refractivity contribution in [3.8, 4) is 5.75 Å². The number of nitrogens with one attached hydrogen (secondary N) is 1. The van der Waals surface area contributed by atoms with Crippen LogP contribution in [-0.4, -0.2) is 47.0 Å². The number of hydrogen-bond acceptors (Lipinski definition) is 5. The van der Waals surface area contributed by atoms with Crippen LogP contribution in [0.25, 0.3) is 0 Å². The Balaban J connectivity index is 1.63. The van der Waals surface area contributed by atoms with Crippen LogP contribution in [0.2, 0.25) is 0 Å². The van der Waals surface area contributed by atoms with Crippen LogP contribution in [0.15, 0.2) is 58.3 Å². The van der Waals surface area contributed by atoms with Gasteiger partial charge in [0.25, 0.3) is 0 Å². The molecule has 1 saturated heterocycles. The third-order valence-corrected chi connectivity index (χ3v) is 5.48. The number of hydrogen-bond donors (Lipinski definition) is 2. The number of rotatable bonds is 4. The van der Waals surface area contributed by atoms with Crippen LogP contribution < -0.4 is 5.32 Å². The lowest BCUT2D eigenvalue weighted by Crippen LogP contribution is -2.51. The Hall–Kier alpha value is -2.41. The van der Waals surface area contributed by atoms with Gasteiger partial charge in [-0.3, -0.25) is 0 Å². The van der Waals surface area contributed by atoms with Gasteiger partial charge in [0.1, 0.15) is 17.5 Å². The fraction of sp³-hybridized carbons (Fsp3) is 0.409. The SMILES string of the molecule is CC(C)(C)OC(=O)N1CCC(Nc2cc(Sc3ccccc3)ccc2O)C(F)C1. The number of alkyl halides is 1. The number of nitrogens with zero attached hydrogens (tertiary/aromatic N) is 1. The lowest BCUT2D eigenvalue weighted by atomic mass is 10.0. The van der Waals surface area contributed by atoms with Crippen LogP contribution in [0.1, 0.15) is 27.2 Å². The normalized spacial score (nSPS) is 19.7. The number of ether oxygens (including phenoxy) is 1. The van der Waals surface area contributed by atoms with E-state index in [4.69, 9.17) is 4.74 Å². The molecule has 2 aromatic rings. The molecule has 29 heavy (non-hydrogen) atoms. The fourth-order valence-corrected chi connectivity index (χ4v) is 3.96. The van der Waals surface area contributed by atoms with E-state index in [0.29, 0.717) is 18.7 Å². The van der Waals surface area contributed by atoms with Crippen molar-refractivity contribution in [3.05, 3.63) is 48.5 Å². The Morgan fingerprint density at radius 3 is 2.59 bits per heavy atom. The van der Waals surface area contributed by atoms with Gasteiger partial charge in [-0.05, 0) is 57.5 Å². The molecule has 2 unspecified atom stereocenters. The molecular weight excluding hydrogens is 391 g/mol. The largest absolute Gasteiger partial charge is 0.506 e. The third-order valence-electron chi connectivity index (χ3n) is 4.48. The first kappa shape index (κ1) is 21.3. The first-order valence-corrected chi connectivity index (χ1v) is 10.5. The number of aromatic hydroxyl groups is 1. The van der Waals surface area contributed by atoms with E-state index in [9.17, 15) is 14.3 Å². The smallest absolute Gasteiger partial charge is 0.410 e. The van der Waals surface area contributed by atoms with E-state index in [-0.39, 0.29) is 12.3 Å². The summed E-state index contributed by atoms with van der Waals surface area (Å²) in [6.45, 7) is 5.72. The Morgan fingerprint density at radius 1 is 1.21 bits per heavy atom. The molecule has 0 aromatic heterocycles. The zero-order valence-electron chi connectivity index (χ0n) is 16.9. The van der Waals surface area contributed by atoms with Gasteiger partial charge in [-0.1, -0.05) is 30.0 Å². The number of amides is 1. The molecule has 1 aliphatic heterocycles. The second-order valence-corrected chi connectivity index (χ2v) is 9.22. The summed E-state index contributed by atoms with van der Waals surface area (Å²) < 4.78 is 20.1. The second kappa shape index (κ2) is 8.95. The van der Waals surface area contributed by atoms with Crippen molar-refractivity contribution >= 4 is 23.5 Å². The van der Waals surface area contributed by atoms with Gasteiger partial charge >= 0.3 is 6.09 Å². The molecule has 0 saturated carbocycles. The topological polar surface area (TPSA) is 61.8 Å². The summed E-state index contributed by atoms with van der Waals surface area (Å²) in [5.41, 5.74) is -0.120. The van der Waals surface area contributed by atoms with Crippen molar-refractivity contribution in [2.24, 2.45) is 0 Å². The summed E-state index contributed by atoms with van der Waals surface area (Å²) in [6.07, 6.45) is -1.33. The van der Waals surface area contributed by atoms with Crippen LogP contribution in [0, 0.1) is 0 Å². The molecule has 2 N–H and O–H groups in total. The zero-order valence-corrected chi connectivity index (χ0v) is 17.7. The quantitative estimate of drug-likeness (QED) is 0.660.